The number of piperidine rings is 1. The molecule has 5 nitrogen and oxygen atoms in total. The maximum Gasteiger partial charge on any atom is 0.243 e. The highest BCUT2D eigenvalue weighted by atomic mass is 32.2. The van der Waals surface area contributed by atoms with Crippen molar-refractivity contribution in [3.63, 3.8) is 0 Å². The minimum atomic E-state index is -3.88. The summed E-state index contributed by atoms with van der Waals surface area (Å²) in [6.45, 7) is 2.02. The van der Waals surface area contributed by atoms with Gasteiger partial charge < -0.3 is 5.21 Å². The smallest absolute Gasteiger partial charge is 0.243 e. The average molecular weight is 304 g/mol. The van der Waals surface area contributed by atoms with E-state index in [0.29, 0.717) is 18.2 Å². The lowest BCUT2D eigenvalue weighted by Crippen LogP contribution is -2.43. The molecule has 0 aromatic heterocycles. The summed E-state index contributed by atoms with van der Waals surface area (Å²) in [6.07, 6.45) is 0.306. The third kappa shape index (κ3) is 2.66. The fraction of sp³-hybridized carbons (Fsp3) is 0.417. The number of hydrogen-bond acceptors (Lipinski definition) is 4. The normalized spacial score (nSPS) is 23.1. The van der Waals surface area contributed by atoms with Gasteiger partial charge in [-0.3, -0.25) is 0 Å². The average Bonchev–Trinajstić information content (AvgIpc) is 2.41. The van der Waals surface area contributed by atoms with E-state index in [9.17, 15) is 17.2 Å². The van der Waals surface area contributed by atoms with Crippen molar-refractivity contribution in [2.24, 2.45) is 11.1 Å². The van der Waals surface area contributed by atoms with Gasteiger partial charge >= 0.3 is 0 Å². The number of oxime groups is 1. The molecule has 1 atom stereocenters. The second-order valence-corrected chi connectivity index (χ2v) is 6.62. The van der Waals surface area contributed by atoms with Gasteiger partial charge in [-0.25, -0.2) is 17.2 Å². The van der Waals surface area contributed by atoms with Crippen LogP contribution in [0.15, 0.2) is 28.3 Å². The molecule has 8 heteroatoms. The summed E-state index contributed by atoms with van der Waals surface area (Å²) < 4.78 is 51.9. The third-order valence-electron chi connectivity index (χ3n) is 3.32. The van der Waals surface area contributed by atoms with Crippen molar-refractivity contribution in [3.05, 3.63) is 29.8 Å². The maximum atomic E-state index is 13.2. The monoisotopic (exact) mass is 304 g/mol. The van der Waals surface area contributed by atoms with Crippen LogP contribution < -0.4 is 0 Å². The Morgan fingerprint density at radius 1 is 1.35 bits per heavy atom. The molecule has 110 valence electrons. The van der Waals surface area contributed by atoms with Crippen molar-refractivity contribution >= 4 is 15.7 Å². The van der Waals surface area contributed by atoms with Crippen molar-refractivity contribution in [1.29, 1.82) is 0 Å². The minimum absolute atomic E-state index is 0.140. The molecule has 1 aromatic carbocycles. The highest BCUT2D eigenvalue weighted by Crippen LogP contribution is 2.23. The molecule has 1 N–H and O–H groups in total. The van der Waals surface area contributed by atoms with Crippen molar-refractivity contribution in [2.75, 3.05) is 13.1 Å². The Kier molecular flexibility index (Phi) is 4.05. The lowest BCUT2D eigenvalue weighted by atomic mass is 10.00. The van der Waals surface area contributed by atoms with Crippen molar-refractivity contribution in [3.8, 4) is 0 Å². The zero-order chi connectivity index (χ0) is 14.9. The van der Waals surface area contributed by atoms with Gasteiger partial charge in [0.15, 0.2) is 11.6 Å². The van der Waals surface area contributed by atoms with Crippen LogP contribution in [0.1, 0.15) is 13.3 Å². The molecule has 0 bridgehead atoms. The first-order chi connectivity index (χ1) is 9.36. The molecule has 1 fully saturated rings. The van der Waals surface area contributed by atoms with Crippen LogP contribution in [0.4, 0.5) is 8.78 Å². The molecule has 0 aliphatic carbocycles. The standard InChI is InChI=1S/C12H14F2N2O3S/c1-8-7-16(5-4-12(8)15-17)20(18,19)9-2-3-10(13)11(14)6-9/h2-3,6,8,17H,4-5,7H2,1H3/b15-12+. The van der Waals surface area contributed by atoms with Crippen molar-refractivity contribution in [2.45, 2.75) is 18.2 Å². The van der Waals surface area contributed by atoms with Crippen LogP contribution in [0, 0.1) is 17.6 Å². The van der Waals surface area contributed by atoms with Gasteiger partial charge in [0.2, 0.25) is 10.0 Å². The minimum Gasteiger partial charge on any atom is -0.411 e. The first-order valence-corrected chi connectivity index (χ1v) is 7.46. The number of rotatable bonds is 2. The first-order valence-electron chi connectivity index (χ1n) is 6.02. The van der Waals surface area contributed by atoms with E-state index in [0.717, 1.165) is 12.1 Å². The van der Waals surface area contributed by atoms with Gasteiger partial charge in [-0.2, -0.15) is 4.31 Å². The van der Waals surface area contributed by atoms with E-state index in [4.69, 9.17) is 5.21 Å². The van der Waals surface area contributed by atoms with Crippen LogP contribution in [0.5, 0.6) is 0 Å². The van der Waals surface area contributed by atoms with E-state index < -0.39 is 21.7 Å². The summed E-state index contributed by atoms with van der Waals surface area (Å²) in [5.74, 6) is -2.52. The molecule has 1 saturated heterocycles. The molecule has 1 aliphatic heterocycles. The quantitative estimate of drug-likeness (QED) is 0.669. The van der Waals surface area contributed by atoms with Gasteiger partial charge in [0.25, 0.3) is 0 Å². The molecule has 1 aliphatic rings. The number of sulfonamides is 1. The molecular formula is C12H14F2N2O3S. The first kappa shape index (κ1) is 14.9. The van der Waals surface area contributed by atoms with Gasteiger partial charge in [0.05, 0.1) is 10.6 Å². The van der Waals surface area contributed by atoms with Gasteiger partial charge in [0.1, 0.15) is 0 Å². The van der Waals surface area contributed by atoms with Crippen LogP contribution in [0.25, 0.3) is 0 Å². The topological polar surface area (TPSA) is 70.0 Å². The summed E-state index contributed by atoms with van der Waals surface area (Å²) in [5.41, 5.74) is 0.529. The molecule has 0 radical (unpaired) electrons. The predicted octanol–water partition coefficient (Wildman–Crippen LogP) is 1.83. The Hall–Kier alpha value is -1.54. The van der Waals surface area contributed by atoms with Gasteiger partial charge in [-0.1, -0.05) is 12.1 Å². The zero-order valence-electron chi connectivity index (χ0n) is 10.8. The highest BCUT2D eigenvalue weighted by molar-refractivity contribution is 7.89. The second kappa shape index (κ2) is 5.45. The van der Waals surface area contributed by atoms with Gasteiger partial charge in [-0.05, 0) is 18.2 Å². The van der Waals surface area contributed by atoms with Gasteiger partial charge in [-0.15, -0.1) is 0 Å². The summed E-state index contributed by atoms with van der Waals surface area (Å²) in [5, 5.41) is 11.9. The van der Waals surface area contributed by atoms with E-state index in [1.54, 1.807) is 6.92 Å². The van der Waals surface area contributed by atoms with E-state index >= 15 is 0 Å². The largest absolute Gasteiger partial charge is 0.411 e. The van der Waals surface area contributed by atoms with Crippen LogP contribution in [0.3, 0.4) is 0 Å². The Labute approximate surface area is 115 Å². The lowest BCUT2D eigenvalue weighted by Gasteiger charge is -2.30. The fourth-order valence-electron chi connectivity index (χ4n) is 2.14. The SMILES string of the molecule is CC1CN(S(=O)(=O)c2ccc(F)c(F)c2)CC/C1=N\O. The molecule has 1 aromatic rings. The molecule has 20 heavy (non-hydrogen) atoms. The lowest BCUT2D eigenvalue weighted by molar-refractivity contribution is 0.300. The second-order valence-electron chi connectivity index (χ2n) is 4.68. The number of hydrogen-bond donors (Lipinski definition) is 1. The number of halogens is 2. The highest BCUT2D eigenvalue weighted by Gasteiger charge is 2.32. The fourth-order valence-corrected chi connectivity index (χ4v) is 3.68. The van der Waals surface area contributed by atoms with E-state index in [2.05, 4.69) is 5.16 Å². The Morgan fingerprint density at radius 3 is 2.60 bits per heavy atom. The molecule has 0 saturated carbocycles. The Balaban J connectivity index is 2.29. The molecule has 1 unspecified atom stereocenters. The number of nitrogens with zero attached hydrogens (tertiary/aromatic N) is 2. The molecule has 2 rings (SSSR count). The summed E-state index contributed by atoms with van der Waals surface area (Å²) >= 11 is 0. The molecule has 1 heterocycles. The summed E-state index contributed by atoms with van der Waals surface area (Å²) in [7, 11) is -3.88. The Morgan fingerprint density at radius 2 is 2.05 bits per heavy atom. The van der Waals surface area contributed by atoms with Gasteiger partial charge in [0, 0.05) is 25.4 Å². The number of benzene rings is 1. The van der Waals surface area contributed by atoms with Crippen LogP contribution in [-0.2, 0) is 10.0 Å². The summed E-state index contributed by atoms with van der Waals surface area (Å²) in [4.78, 5) is -0.284. The van der Waals surface area contributed by atoms with Crippen molar-refractivity contribution in [1.82, 2.24) is 4.31 Å². The Bertz CT molecular complexity index is 646. The van der Waals surface area contributed by atoms with Crippen LogP contribution in [0.2, 0.25) is 0 Å². The third-order valence-corrected chi connectivity index (χ3v) is 5.18. The van der Waals surface area contributed by atoms with E-state index in [1.165, 1.54) is 4.31 Å². The van der Waals surface area contributed by atoms with E-state index in [-0.39, 0.29) is 23.9 Å². The van der Waals surface area contributed by atoms with Crippen LogP contribution >= 0.6 is 0 Å². The molecule has 0 spiro atoms. The molecule has 0 amide bonds. The predicted molar refractivity (Wildman–Crippen MR) is 68.1 cm³/mol. The van der Waals surface area contributed by atoms with Crippen LogP contribution in [-0.4, -0.2) is 36.7 Å². The zero-order valence-corrected chi connectivity index (χ0v) is 11.6. The van der Waals surface area contributed by atoms with Crippen molar-refractivity contribution < 1.29 is 22.4 Å². The summed E-state index contributed by atoms with van der Waals surface area (Å²) in [6, 6.07) is 2.50. The maximum absolute atomic E-state index is 13.2. The van der Waals surface area contributed by atoms with E-state index in [1.807, 2.05) is 0 Å². The molecular weight excluding hydrogens is 290 g/mol.